The van der Waals surface area contributed by atoms with Gasteiger partial charge in [0, 0.05) is 27.9 Å². The summed E-state index contributed by atoms with van der Waals surface area (Å²) in [5, 5.41) is 8.96. The Labute approximate surface area is 216 Å². The van der Waals surface area contributed by atoms with E-state index in [0.29, 0.717) is 17.5 Å². The molecule has 35 heavy (non-hydrogen) atoms. The van der Waals surface area contributed by atoms with Crippen molar-refractivity contribution in [2.75, 3.05) is 5.32 Å². The van der Waals surface area contributed by atoms with Gasteiger partial charge in [-0.1, -0.05) is 94.4 Å². The number of carbonyl (C=O) groups excluding carboxylic acids is 1. The van der Waals surface area contributed by atoms with Crippen LogP contribution < -0.4 is 5.32 Å². The van der Waals surface area contributed by atoms with Crippen molar-refractivity contribution in [1.29, 1.82) is 0 Å². The molecule has 1 aliphatic heterocycles. The molecular weight excluding hydrogens is 520 g/mol. The van der Waals surface area contributed by atoms with Crippen molar-refractivity contribution in [1.82, 2.24) is 14.8 Å². The van der Waals surface area contributed by atoms with E-state index in [4.69, 9.17) is 10.1 Å². The fraction of sp³-hybridized carbons (Fsp3) is 0.179. The van der Waals surface area contributed by atoms with Gasteiger partial charge >= 0.3 is 0 Å². The number of hydrogen-bond acceptors (Lipinski definition) is 5. The predicted molar refractivity (Wildman–Crippen MR) is 143 cm³/mol. The highest BCUT2D eigenvalue weighted by molar-refractivity contribution is 9.10. The molecule has 0 radical (unpaired) electrons. The molecule has 0 saturated heterocycles. The summed E-state index contributed by atoms with van der Waals surface area (Å²) in [5.74, 6) is 1.67. The summed E-state index contributed by atoms with van der Waals surface area (Å²) in [6.45, 7) is 0. The molecule has 1 aromatic heterocycles. The maximum absolute atomic E-state index is 13.0. The average Bonchev–Trinajstić information content (AvgIpc) is 3.30. The molecule has 1 aliphatic carbocycles. The van der Waals surface area contributed by atoms with Crippen LogP contribution >= 0.6 is 27.7 Å². The third-order valence-corrected chi connectivity index (χ3v) is 7.90. The topological polar surface area (TPSA) is 59.8 Å². The highest BCUT2D eigenvalue weighted by atomic mass is 79.9. The number of thioether (sulfide) groups is 1. The number of nitrogens with one attached hydrogen (secondary N) is 1. The minimum Gasteiger partial charge on any atom is -0.328 e. The Balaban J connectivity index is 1.26. The lowest BCUT2D eigenvalue weighted by Gasteiger charge is -2.32. The second kappa shape index (κ2) is 9.47. The highest BCUT2D eigenvalue weighted by Crippen LogP contribution is 2.41. The van der Waals surface area contributed by atoms with Crippen molar-refractivity contribution >= 4 is 39.4 Å². The SMILES string of the molecule is O=C1CCCC2=C1[C@@H](c1ccc(Br)cc1)n1nc(SCc3ccc(-c4ccccc4)cc3)nc1N2. The van der Waals surface area contributed by atoms with Gasteiger partial charge in [-0.05, 0) is 47.2 Å². The van der Waals surface area contributed by atoms with E-state index in [0.717, 1.165) is 39.9 Å². The van der Waals surface area contributed by atoms with E-state index in [1.54, 1.807) is 11.8 Å². The number of allylic oxidation sites excluding steroid dienone is 2. The van der Waals surface area contributed by atoms with Crippen LogP contribution in [0.2, 0.25) is 0 Å². The molecule has 0 bridgehead atoms. The van der Waals surface area contributed by atoms with Crippen molar-refractivity contribution in [2.24, 2.45) is 0 Å². The standard InChI is InChI=1S/C28H23BrN4OS/c29-22-15-13-21(14-16-22)26-25-23(7-4-8-24(25)34)30-27-31-28(32-33(26)27)35-17-18-9-11-20(12-10-18)19-5-2-1-3-6-19/h1-3,5-6,9-16,26H,4,7-8,17H2,(H,30,31,32)/t26-/m1/s1. The summed E-state index contributed by atoms with van der Waals surface area (Å²) in [5.41, 5.74) is 6.49. The van der Waals surface area contributed by atoms with Gasteiger partial charge in [-0.2, -0.15) is 4.98 Å². The Bertz CT molecular complexity index is 1410. The second-order valence-electron chi connectivity index (χ2n) is 8.76. The summed E-state index contributed by atoms with van der Waals surface area (Å²) in [7, 11) is 0. The van der Waals surface area contributed by atoms with Gasteiger partial charge in [-0.3, -0.25) is 4.79 Å². The van der Waals surface area contributed by atoms with Crippen molar-refractivity contribution in [3.05, 3.63) is 106 Å². The second-order valence-corrected chi connectivity index (χ2v) is 10.6. The quantitative estimate of drug-likeness (QED) is 0.274. The molecule has 0 unspecified atom stereocenters. The number of fused-ring (bicyclic) bond motifs is 1. The molecule has 174 valence electrons. The Kier molecular flexibility index (Phi) is 6.04. The molecule has 1 atom stereocenters. The van der Waals surface area contributed by atoms with Gasteiger partial charge in [0.1, 0.15) is 6.04 Å². The molecule has 2 aliphatic rings. The third kappa shape index (κ3) is 4.46. The fourth-order valence-electron chi connectivity index (χ4n) is 4.72. The number of aromatic nitrogens is 3. The molecule has 0 spiro atoms. The Hall–Kier alpha value is -3.16. The van der Waals surface area contributed by atoms with Crippen molar-refractivity contribution in [3.8, 4) is 11.1 Å². The number of Topliss-reactive ketones (excluding diaryl/α,β-unsaturated/α-hetero) is 1. The Morgan fingerprint density at radius 2 is 1.69 bits per heavy atom. The van der Waals surface area contributed by atoms with Gasteiger partial charge < -0.3 is 5.32 Å². The molecule has 0 saturated carbocycles. The van der Waals surface area contributed by atoms with Crippen LogP contribution in [0.1, 0.15) is 36.4 Å². The number of ketones is 1. The number of hydrogen-bond donors (Lipinski definition) is 1. The molecule has 3 aromatic carbocycles. The van der Waals surface area contributed by atoms with E-state index in [2.05, 4.69) is 81.9 Å². The summed E-state index contributed by atoms with van der Waals surface area (Å²) in [4.78, 5) is 17.8. The minimum atomic E-state index is -0.255. The summed E-state index contributed by atoms with van der Waals surface area (Å²) in [6, 6.07) is 26.9. The average molecular weight is 543 g/mol. The molecule has 4 aromatic rings. The molecule has 0 amide bonds. The van der Waals surface area contributed by atoms with Crippen LogP contribution in [0.3, 0.4) is 0 Å². The maximum Gasteiger partial charge on any atom is 0.227 e. The number of carbonyl (C=O) groups is 1. The smallest absolute Gasteiger partial charge is 0.227 e. The molecule has 7 heteroatoms. The monoisotopic (exact) mass is 542 g/mol. The summed E-state index contributed by atoms with van der Waals surface area (Å²) >= 11 is 5.13. The third-order valence-electron chi connectivity index (χ3n) is 6.46. The van der Waals surface area contributed by atoms with Crippen LogP contribution in [0, 0.1) is 0 Å². The van der Waals surface area contributed by atoms with E-state index in [1.165, 1.54) is 16.7 Å². The van der Waals surface area contributed by atoms with E-state index in [9.17, 15) is 4.79 Å². The van der Waals surface area contributed by atoms with Gasteiger partial charge in [-0.25, -0.2) is 4.68 Å². The molecular formula is C28H23BrN4OS. The number of rotatable bonds is 5. The first-order chi connectivity index (χ1) is 17.2. The fourth-order valence-corrected chi connectivity index (χ4v) is 5.77. The van der Waals surface area contributed by atoms with E-state index in [-0.39, 0.29) is 11.8 Å². The maximum atomic E-state index is 13.0. The zero-order valence-corrected chi connectivity index (χ0v) is 21.3. The first-order valence-electron chi connectivity index (χ1n) is 11.7. The molecule has 5 nitrogen and oxygen atoms in total. The normalized spacial score (nSPS) is 17.1. The lowest BCUT2D eigenvalue weighted by Crippen LogP contribution is -2.31. The number of nitrogens with zero attached hydrogens (tertiary/aromatic N) is 3. The molecule has 1 N–H and O–H groups in total. The Morgan fingerprint density at radius 3 is 2.46 bits per heavy atom. The van der Waals surface area contributed by atoms with Gasteiger partial charge in [0.25, 0.3) is 0 Å². The van der Waals surface area contributed by atoms with Crippen molar-refractivity contribution in [3.63, 3.8) is 0 Å². The largest absolute Gasteiger partial charge is 0.328 e. The van der Waals surface area contributed by atoms with Crippen LogP contribution in [-0.2, 0) is 10.5 Å². The van der Waals surface area contributed by atoms with E-state index in [1.807, 2.05) is 22.9 Å². The zero-order valence-electron chi connectivity index (χ0n) is 18.9. The predicted octanol–water partition coefficient (Wildman–Crippen LogP) is 7.02. The minimum absolute atomic E-state index is 0.195. The Morgan fingerprint density at radius 1 is 0.943 bits per heavy atom. The van der Waals surface area contributed by atoms with Crippen molar-refractivity contribution < 1.29 is 4.79 Å². The number of halogens is 1. The molecule has 2 heterocycles. The first kappa shape index (κ1) is 22.3. The van der Waals surface area contributed by atoms with Crippen molar-refractivity contribution in [2.45, 2.75) is 36.2 Å². The van der Waals surface area contributed by atoms with E-state index >= 15 is 0 Å². The van der Waals surface area contributed by atoms with Crippen LogP contribution in [0.25, 0.3) is 11.1 Å². The zero-order chi connectivity index (χ0) is 23.8. The first-order valence-corrected chi connectivity index (χ1v) is 13.5. The number of benzene rings is 3. The van der Waals surface area contributed by atoms with Crippen LogP contribution in [0.4, 0.5) is 5.95 Å². The van der Waals surface area contributed by atoms with Crippen LogP contribution in [0.5, 0.6) is 0 Å². The van der Waals surface area contributed by atoms with Gasteiger partial charge in [0.2, 0.25) is 11.1 Å². The summed E-state index contributed by atoms with van der Waals surface area (Å²) in [6.07, 6.45) is 2.31. The van der Waals surface area contributed by atoms with Gasteiger partial charge in [0.15, 0.2) is 5.78 Å². The molecule has 0 fully saturated rings. The number of anilines is 1. The van der Waals surface area contributed by atoms with E-state index < -0.39 is 0 Å². The molecule has 6 rings (SSSR count). The highest BCUT2D eigenvalue weighted by Gasteiger charge is 2.36. The lowest BCUT2D eigenvalue weighted by molar-refractivity contribution is -0.116. The van der Waals surface area contributed by atoms with Crippen LogP contribution in [-0.4, -0.2) is 20.5 Å². The summed E-state index contributed by atoms with van der Waals surface area (Å²) < 4.78 is 2.89. The van der Waals surface area contributed by atoms with Crippen LogP contribution in [0.15, 0.2) is 99.8 Å². The van der Waals surface area contributed by atoms with Gasteiger partial charge in [-0.15, -0.1) is 5.10 Å². The van der Waals surface area contributed by atoms with Gasteiger partial charge in [0.05, 0.1) is 0 Å². The lowest BCUT2D eigenvalue weighted by atomic mass is 9.85.